The predicted octanol–water partition coefficient (Wildman–Crippen LogP) is 5.21. The van der Waals surface area contributed by atoms with E-state index in [1.165, 1.54) is 5.56 Å². The largest absolute Gasteiger partial charge is 0.497 e. The van der Waals surface area contributed by atoms with Crippen molar-refractivity contribution < 1.29 is 19.1 Å². The van der Waals surface area contributed by atoms with Crippen LogP contribution in [0.4, 0.5) is 0 Å². The molecule has 1 aromatic heterocycles. The van der Waals surface area contributed by atoms with E-state index in [1.807, 2.05) is 39.0 Å². The third kappa shape index (κ3) is 5.43. The van der Waals surface area contributed by atoms with Crippen LogP contribution in [0.1, 0.15) is 51.0 Å². The van der Waals surface area contributed by atoms with Crippen molar-refractivity contribution in [2.24, 2.45) is 0 Å². The van der Waals surface area contributed by atoms with Crippen LogP contribution < -0.4 is 9.47 Å². The Morgan fingerprint density at radius 1 is 0.903 bits per heavy atom. The lowest BCUT2D eigenvalue weighted by Gasteiger charge is -2.11. The minimum absolute atomic E-state index is 0.0379. The van der Waals surface area contributed by atoms with Crippen molar-refractivity contribution in [2.45, 2.75) is 40.2 Å². The number of Topliss-reactive ketones (excluding diaryl/α,β-unsaturated/α-hetero) is 2. The first-order chi connectivity index (χ1) is 14.9. The highest BCUT2D eigenvalue weighted by Crippen LogP contribution is 2.19. The number of rotatable bonds is 10. The monoisotopic (exact) mass is 419 g/mol. The summed E-state index contributed by atoms with van der Waals surface area (Å²) in [5.74, 6) is 1.45. The summed E-state index contributed by atoms with van der Waals surface area (Å²) in [6.07, 6.45) is 1.33. The van der Waals surface area contributed by atoms with Crippen LogP contribution in [0.5, 0.6) is 11.5 Å². The summed E-state index contributed by atoms with van der Waals surface area (Å²) in [5.41, 5.74) is 4.56. The average molecular weight is 420 g/mol. The van der Waals surface area contributed by atoms with Gasteiger partial charge in [-0.2, -0.15) is 0 Å². The van der Waals surface area contributed by atoms with E-state index in [1.54, 1.807) is 31.4 Å². The summed E-state index contributed by atoms with van der Waals surface area (Å²) in [4.78, 5) is 24.5. The van der Waals surface area contributed by atoms with Gasteiger partial charge in [0.25, 0.3) is 0 Å². The molecule has 5 heteroatoms. The molecule has 0 saturated carbocycles. The van der Waals surface area contributed by atoms with Gasteiger partial charge in [-0.05, 0) is 68.3 Å². The standard InChI is InChI=1S/C26H29NO4/c1-5-25(28)21-8-12-23(13-9-21)31-17-26(29)24-16-18(2)27(19(24)3)15-14-20-6-10-22(30-4)11-7-20/h6-13,16H,5,14-15,17H2,1-4H3. The van der Waals surface area contributed by atoms with Gasteiger partial charge in [-0.15, -0.1) is 0 Å². The van der Waals surface area contributed by atoms with E-state index in [-0.39, 0.29) is 18.2 Å². The molecule has 0 radical (unpaired) electrons. The van der Waals surface area contributed by atoms with Gasteiger partial charge in [-0.1, -0.05) is 19.1 Å². The Morgan fingerprint density at radius 3 is 2.16 bits per heavy atom. The molecule has 0 saturated heterocycles. The van der Waals surface area contributed by atoms with Gasteiger partial charge in [0, 0.05) is 35.5 Å². The van der Waals surface area contributed by atoms with Gasteiger partial charge < -0.3 is 14.0 Å². The second-order valence-electron chi connectivity index (χ2n) is 7.55. The van der Waals surface area contributed by atoms with Crippen LogP contribution in [-0.4, -0.2) is 29.9 Å². The Morgan fingerprint density at radius 2 is 1.55 bits per heavy atom. The molecule has 31 heavy (non-hydrogen) atoms. The first-order valence-corrected chi connectivity index (χ1v) is 10.5. The molecule has 0 aliphatic carbocycles. The predicted molar refractivity (Wildman–Crippen MR) is 121 cm³/mol. The highest BCUT2D eigenvalue weighted by atomic mass is 16.5. The maximum absolute atomic E-state index is 12.8. The van der Waals surface area contributed by atoms with Gasteiger partial charge in [0.15, 0.2) is 12.4 Å². The first kappa shape index (κ1) is 22.3. The van der Waals surface area contributed by atoms with Gasteiger partial charge in [-0.3, -0.25) is 9.59 Å². The van der Waals surface area contributed by atoms with Crippen molar-refractivity contribution in [3.05, 3.63) is 82.7 Å². The van der Waals surface area contributed by atoms with Crippen molar-refractivity contribution in [2.75, 3.05) is 13.7 Å². The second-order valence-corrected chi connectivity index (χ2v) is 7.55. The molecule has 0 atom stereocenters. The van der Waals surface area contributed by atoms with Gasteiger partial charge >= 0.3 is 0 Å². The zero-order valence-corrected chi connectivity index (χ0v) is 18.6. The number of methoxy groups -OCH3 is 1. The SMILES string of the molecule is CCC(=O)c1ccc(OCC(=O)c2cc(C)n(CCc3ccc(OC)cc3)c2C)cc1. The number of ketones is 2. The van der Waals surface area contributed by atoms with Crippen molar-refractivity contribution in [1.82, 2.24) is 4.57 Å². The molecular weight excluding hydrogens is 390 g/mol. The van der Waals surface area contributed by atoms with Crippen molar-refractivity contribution in [1.29, 1.82) is 0 Å². The smallest absolute Gasteiger partial charge is 0.202 e. The Hall–Kier alpha value is -3.34. The lowest BCUT2D eigenvalue weighted by Crippen LogP contribution is -2.13. The number of aromatic nitrogens is 1. The molecule has 0 aliphatic rings. The summed E-state index contributed by atoms with van der Waals surface area (Å²) in [6.45, 7) is 6.58. The molecule has 0 bridgehead atoms. The summed E-state index contributed by atoms with van der Waals surface area (Å²) >= 11 is 0. The number of ether oxygens (including phenoxy) is 2. The number of aryl methyl sites for hydroxylation is 2. The lowest BCUT2D eigenvalue weighted by molar-refractivity contribution is 0.0919. The molecule has 0 amide bonds. The number of carbonyl (C=O) groups is 2. The molecule has 0 N–H and O–H groups in total. The quantitative estimate of drug-likeness (QED) is 0.423. The third-order valence-electron chi connectivity index (χ3n) is 5.52. The Bertz CT molecular complexity index is 1050. The van der Waals surface area contributed by atoms with Crippen molar-refractivity contribution in [3.63, 3.8) is 0 Å². The Kier molecular flexibility index (Phi) is 7.29. The van der Waals surface area contributed by atoms with E-state index >= 15 is 0 Å². The molecule has 5 nitrogen and oxygen atoms in total. The second kappa shape index (κ2) is 10.1. The fourth-order valence-corrected chi connectivity index (χ4v) is 3.63. The van der Waals surface area contributed by atoms with E-state index in [2.05, 4.69) is 16.7 Å². The highest BCUT2D eigenvalue weighted by molar-refractivity contribution is 5.98. The number of nitrogens with zero attached hydrogens (tertiary/aromatic N) is 1. The van der Waals surface area contributed by atoms with Gasteiger partial charge in [-0.25, -0.2) is 0 Å². The van der Waals surface area contributed by atoms with E-state index in [0.29, 0.717) is 23.3 Å². The molecule has 2 aromatic carbocycles. The molecule has 162 valence electrons. The Balaban J connectivity index is 1.62. The van der Waals surface area contributed by atoms with E-state index < -0.39 is 0 Å². The van der Waals surface area contributed by atoms with E-state index in [0.717, 1.165) is 30.1 Å². The Labute approximate surface area is 183 Å². The van der Waals surface area contributed by atoms with Crippen LogP contribution in [0.2, 0.25) is 0 Å². The molecule has 0 aliphatic heterocycles. The lowest BCUT2D eigenvalue weighted by atomic mass is 10.1. The minimum Gasteiger partial charge on any atom is -0.497 e. The number of carbonyl (C=O) groups excluding carboxylic acids is 2. The van der Waals surface area contributed by atoms with Gasteiger partial charge in [0.05, 0.1) is 7.11 Å². The minimum atomic E-state index is -0.0579. The molecule has 3 rings (SSSR count). The number of hydrogen-bond donors (Lipinski definition) is 0. The number of hydrogen-bond acceptors (Lipinski definition) is 4. The molecule has 0 fully saturated rings. The van der Waals surface area contributed by atoms with E-state index in [4.69, 9.17) is 9.47 Å². The normalized spacial score (nSPS) is 10.7. The van der Waals surface area contributed by atoms with Crippen LogP contribution in [0.3, 0.4) is 0 Å². The molecule has 1 heterocycles. The number of benzene rings is 2. The van der Waals surface area contributed by atoms with Crippen LogP contribution in [-0.2, 0) is 13.0 Å². The summed E-state index contributed by atoms with van der Waals surface area (Å²) in [7, 11) is 1.66. The van der Waals surface area contributed by atoms with E-state index in [9.17, 15) is 9.59 Å². The van der Waals surface area contributed by atoms with Crippen LogP contribution in [0, 0.1) is 13.8 Å². The van der Waals surface area contributed by atoms with Gasteiger partial charge in [0.2, 0.25) is 5.78 Å². The fourth-order valence-electron chi connectivity index (χ4n) is 3.63. The molecule has 0 spiro atoms. The van der Waals surface area contributed by atoms with Crippen molar-refractivity contribution in [3.8, 4) is 11.5 Å². The molecular formula is C26H29NO4. The maximum Gasteiger partial charge on any atom is 0.202 e. The summed E-state index contributed by atoms with van der Waals surface area (Å²) in [6, 6.07) is 16.9. The molecule has 3 aromatic rings. The fraction of sp³-hybridized carbons (Fsp3) is 0.308. The van der Waals surface area contributed by atoms with Gasteiger partial charge in [0.1, 0.15) is 11.5 Å². The third-order valence-corrected chi connectivity index (χ3v) is 5.52. The van der Waals surface area contributed by atoms with Crippen LogP contribution >= 0.6 is 0 Å². The average Bonchev–Trinajstić information content (AvgIpc) is 3.09. The van der Waals surface area contributed by atoms with Crippen LogP contribution in [0.25, 0.3) is 0 Å². The molecule has 0 unspecified atom stereocenters. The maximum atomic E-state index is 12.8. The van der Waals surface area contributed by atoms with Crippen LogP contribution in [0.15, 0.2) is 54.6 Å². The topological polar surface area (TPSA) is 57.5 Å². The zero-order valence-electron chi connectivity index (χ0n) is 18.6. The summed E-state index contributed by atoms with van der Waals surface area (Å²) < 4.78 is 13.0. The summed E-state index contributed by atoms with van der Waals surface area (Å²) in [5, 5.41) is 0. The first-order valence-electron chi connectivity index (χ1n) is 10.5. The highest BCUT2D eigenvalue weighted by Gasteiger charge is 2.16. The van der Waals surface area contributed by atoms with Crippen molar-refractivity contribution >= 4 is 11.6 Å². The zero-order chi connectivity index (χ0) is 22.4.